The van der Waals surface area contributed by atoms with Crippen LogP contribution in [-0.4, -0.2) is 40.1 Å². The second kappa shape index (κ2) is 8.01. The van der Waals surface area contributed by atoms with Gasteiger partial charge in [0.25, 0.3) is 0 Å². The minimum atomic E-state index is -3.74. The quantitative estimate of drug-likeness (QED) is 0.835. The highest BCUT2D eigenvalue weighted by atomic mass is 32.2. The Morgan fingerprint density at radius 1 is 1.27 bits per heavy atom. The molecule has 1 N–H and O–H groups in total. The summed E-state index contributed by atoms with van der Waals surface area (Å²) in [4.78, 5) is 6.45. The summed E-state index contributed by atoms with van der Waals surface area (Å²) in [6.45, 7) is 2.01. The first-order valence-electron chi connectivity index (χ1n) is 8.49. The lowest BCUT2D eigenvalue weighted by Gasteiger charge is -2.32. The Morgan fingerprint density at radius 2 is 2.04 bits per heavy atom. The molecule has 140 valence electrons. The second-order valence-electron chi connectivity index (χ2n) is 6.27. The van der Waals surface area contributed by atoms with Gasteiger partial charge < -0.3 is 9.64 Å². The van der Waals surface area contributed by atoms with Gasteiger partial charge in [0, 0.05) is 25.8 Å². The Labute approximate surface area is 153 Å². The van der Waals surface area contributed by atoms with Crippen molar-refractivity contribution in [2.75, 3.05) is 31.6 Å². The lowest BCUT2D eigenvalue weighted by molar-refractivity contribution is 0.385. The molecule has 2 heterocycles. The van der Waals surface area contributed by atoms with Gasteiger partial charge in [0.1, 0.15) is 5.82 Å². The fraction of sp³-hybridized carbons (Fsp3) is 0.389. The van der Waals surface area contributed by atoms with E-state index in [1.54, 1.807) is 6.20 Å². The molecule has 1 aliphatic heterocycles. The average Bonchev–Trinajstić information content (AvgIpc) is 2.67. The van der Waals surface area contributed by atoms with Gasteiger partial charge in [-0.2, -0.15) is 0 Å². The van der Waals surface area contributed by atoms with E-state index in [-0.39, 0.29) is 16.6 Å². The molecule has 0 bridgehead atoms. The number of aromatic nitrogens is 1. The standard InChI is InChI=1S/C18H22FN3O3S/c1-25-17-6-5-15(12-16(17)19)26(23,24)21-13-14-7-10-22(11-8-14)18-4-2-3-9-20-18/h2-6,9,12,14,21H,7-8,10-11,13H2,1H3. The van der Waals surface area contributed by atoms with Gasteiger partial charge in [0.2, 0.25) is 10.0 Å². The maximum Gasteiger partial charge on any atom is 0.240 e. The number of benzene rings is 1. The summed E-state index contributed by atoms with van der Waals surface area (Å²) in [6, 6.07) is 9.44. The van der Waals surface area contributed by atoms with Crippen LogP contribution in [0.15, 0.2) is 47.5 Å². The largest absolute Gasteiger partial charge is 0.494 e. The molecule has 2 aromatic rings. The molecule has 1 fully saturated rings. The first-order chi connectivity index (χ1) is 12.5. The number of methoxy groups -OCH3 is 1. The lowest BCUT2D eigenvalue weighted by atomic mass is 9.97. The van der Waals surface area contributed by atoms with Crippen molar-refractivity contribution in [2.45, 2.75) is 17.7 Å². The number of rotatable bonds is 6. The zero-order valence-corrected chi connectivity index (χ0v) is 15.4. The maximum atomic E-state index is 13.8. The second-order valence-corrected chi connectivity index (χ2v) is 8.03. The van der Waals surface area contributed by atoms with Crippen molar-refractivity contribution in [3.05, 3.63) is 48.4 Å². The van der Waals surface area contributed by atoms with E-state index in [2.05, 4.69) is 14.6 Å². The molecule has 1 aliphatic rings. The minimum Gasteiger partial charge on any atom is -0.494 e. The molecule has 0 amide bonds. The van der Waals surface area contributed by atoms with Crippen LogP contribution in [0.25, 0.3) is 0 Å². The van der Waals surface area contributed by atoms with Gasteiger partial charge in [-0.1, -0.05) is 6.07 Å². The molecule has 26 heavy (non-hydrogen) atoms. The third kappa shape index (κ3) is 4.31. The van der Waals surface area contributed by atoms with E-state index in [0.29, 0.717) is 6.54 Å². The summed E-state index contributed by atoms with van der Waals surface area (Å²) in [5.74, 6) is 0.512. The zero-order valence-electron chi connectivity index (χ0n) is 14.6. The molecule has 1 aromatic carbocycles. The van der Waals surface area contributed by atoms with Gasteiger partial charge in [0.15, 0.2) is 11.6 Å². The number of sulfonamides is 1. The van der Waals surface area contributed by atoms with Crippen molar-refractivity contribution >= 4 is 15.8 Å². The molecule has 3 rings (SSSR count). The highest BCUT2D eigenvalue weighted by Crippen LogP contribution is 2.23. The van der Waals surface area contributed by atoms with Gasteiger partial charge >= 0.3 is 0 Å². The highest BCUT2D eigenvalue weighted by molar-refractivity contribution is 7.89. The van der Waals surface area contributed by atoms with Crippen LogP contribution in [0.3, 0.4) is 0 Å². The lowest BCUT2D eigenvalue weighted by Crippen LogP contribution is -2.39. The van der Waals surface area contributed by atoms with Crippen molar-refractivity contribution in [3.8, 4) is 5.75 Å². The summed E-state index contributed by atoms with van der Waals surface area (Å²) < 4.78 is 45.9. The summed E-state index contributed by atoms with van der Waals surface area (Å²) in [6.07, 6.45) is 3.51. The molecule has 0 atom stereocenters. The van der Waals surface area contributed by atoms with Gasteiger partial charge in [-0.25, -0.2) is 22.5 Å². The van der Waals surface area contributed by atoms with Crippen LogP contribution in [0.1, 0.15) is 12.8 Å². The van der Waals surface area contributed by atoms with Gasteiger partial charge in [0.05, 0.1) is 12.0 Å². The first-order valence-corrected chi connectivity index (χ1v) is 9.97. The summed E-state index contributed by atoms with van der Waals surface area (Å²) in [7, 11) is -2.41. The van der Waals surface area contributed by atoms with Crippen LogP contribution in [0.2, 0.25) is 0 Å². The molecule has 0 radical (unpaired) electrons. The van der Waals surface area contributed by atoms with Crippen LogP contribution < -0.4 is 14.4 Å². The molecular weight excluding hydrogens is 357 g/mol. The number of halogens is 1. The average molecular weight is 379 g/mol. The molecule has 1 saturated heterocycles. The van der Waals surface area contributed by atoms with E-state index in [4.69, 9.17) is 4.74 Å². The number of nitrogens with zero attached hydrogens (tertiary/aromatic N) is 2. The molecular formula is C18H22FN3O3S. The Balaban J connectivity index is 1.55. The summed E-state index contributed by atoms with van der Waals surface area (Å²) in [5, 5.41) is 0. The number of pyridine rings is 1. The Bertz CT molecular complexity index is 838. The molecule has 0 unspecified atom stereocenters. The van der Waals surface area contributed by atoms with E-state index in [1.807, 2.05) is 18.2 Å². The van der Waals surface area contributed by atoms with E-state index >= 15 is 0 Å². The number of ether oxygens (including phenoxy) is 1. The fourth-order valence-corrected chi connectivity index (χ4v) is 4.16. The number of anilines is 1. The summed E-state index contributed by atoms with van der Waals surface area (Å²) in [5.41, 5.74) is 0. The van der Waals surface area contributed by atoms with Crippen molar-refractivity contribution in [1.29, 1.82) is 0 Å². The molecule has 0 saturated carbocycles. The van der Waals surface area contributed by atoms with E-state index in [9.17, 15) is 12.8 Å². The third-order valence-corrected chi connectivity index (χ3v) is 6.00. The predicted molar refractivity (Wildman–Crippen MR) is 97.3 cm³/mol. The third-order valence-electron chi connectivity index (χ3n) is 4.58. The Morgan fingerprint density at radius 3 is 2.65 bits per heavy atom. The van der Waals surface area contributed by atoms with Crippen molar-refractivity contribution < 1.29 is 17.5 Å². The highest BCUT2D eigenvalue weighted by Gasteiger charge is 2.23. The Hall–Kier alpha value is -2.19. The SMILES string of the molecule is COc1ccc(S(=O)(=O)NCC2CCN(c3ccccn3)CC2)cc1F. The maximum absolute atomic E-state index is 13.8. The topological polar surface area (TPSA) is 71.5 Å². The Kier molecular flexibility index (Phi) is 5.73. The first kappa shape index (κ1) is 18.6. The number of hydrogen-bond acceptors (Lipinski definition) is 5. The van der Waals surface area contributed by atoms with Crippen molar-refractivity contribution in [3.63, 3.8) is 0 Å². The van der Waals surface area contributed by atoms with Crippen LogP contribution in [0.5, 0.6) is 5.75 Å². The van der Waals surface area contributed by atoms with Gasteiger partial charge in [-0.05, 0) is 49.1 Å². The number of hydrogen-bond donors (Lipinski definition) is 1. The zero-order chi connectivity index (χ0) is 18.6. The monoisotopic (exact) mass is 379 g/mol. The number of piperidine rings is 1. The molecule has 1 aromatic heterocycles. The van der Waals surface area contributed by atoms with Gasteiger partial charge in [-0.3, -0.25) is 0 Å². The predicted octanol–water partition coefficient (Wildman–Crippen LogP) is 2.42. The van der Waals surface area contributed by atoms with E-state index in [1.165, 1.54) is 19.2 Å². The number of nitrogens with one attached hydrogen (secondary N) is 1. The normalized spacial score (nSPS) is 15.8. The van der Waals surface area contributed by atoms with Crippen LogP contribution >= 0.6 is 0 Å². The van der Waals surface area contributed by atoms with Gasteiger partial charge in [-0.15, -0.1) is 0 Å². The minimum absolute atomic E-state index is 0.0193. The smallest absolute Gasteiger partial charge is 0.240 e. The van der Waals surface area contributed by atoms with E-state index in [0.717, 1.165) is 37.8 Å². The van der Waals surface area contributed by atoms with Crippen LogP contribution in [-0.2, 0) is 10.0 Å². The molecule has 0 spiro atoms. The molecule has 0 aliphatic carbocycles. The van der Waals surface area contributed by atoms with Crippen molar-refractivity contribution in [1.82, 2.24) is 9.71 Å². The summed E-state index contributed by atoms with van der Waals surface area (Å²) >= 11 is 0. The van der Waals surface area contributed by atoms with Crippen LogP contribution in [0.4, 0.5) is 10.2 Å². The fourth-order valence-electron chi connectivity index (χ4n) is 3.03. The molecule has 6 nitrogen and oxygen atoms in total. The molecule has 8 heteroatoms. The van der Waals surface area contributed by atoms with E-state index < -0.39 is 15.8 Å². The van der Waals surface area contributed by atoms with Crippen molar-refractivity contribution in [2.24, 2.45) is 5.92 Å². The van der Waals surface area contributed by atoms with Crippen LogP contribution in [0, 0.1) is 11.7 Å².